The minimum absolute atomic E-state index is 0.157. The van der Waals surface area contributed by atoms with Gasteiger partial charge in [-0.3, -0.25) is 14.4 Å². The van der Waals surface area contributed by atoms with Crippen LogP contribution in [0, 0.1) is 0 Å². The molecule has 1 fully saturated rings. The fourth-order valence-electron chi connectivity index (χ4n) is 2.56. The normalized spacial score (nSPS) is 21.2. The summed E-state index contributed by atoms with van der Waals surface area (Å²) in [5.74, 6) is 0.697. The Balaban J connectivity index is 2.54. The second-order valence-electron chi connectivity index (χ2n) is 6.76. The fourth-order valence-corrected chi connectivity index (χ4v) is 4.23. The molecule has 1 rings (SSSR count). The van der Waals surface area contributed by atoms with Crippen LogP contribution in [-0.2, 0) is 24.4 Å². The van der Waals surface area contributed by atoms with Crippen molar-refractivity contribution in [3.05, 3.63) is 0 Å². The van der Waals surface area contributed by atoms with Gasteiger partial charge in [-0.1, -0.05) is 6.92 Å². The Kier molecular flexibility index (Phi) is 9.03. The van der Waals surface area contributed by atoms with E-state index in [0.29, 0.717) is 6.54 Å². The minimum Gasteiger partial charge on any atom is -0.355 e. The first-order valence-electron chi connectivity index (χ1n) is 8.87. The van der Waals surface area contributed by atoms with Gasteiger partial charge in [0.2, 0.25) is 27.7 Å². The van der Waals surface area contributed by atoms with E-state index in [1.807, 2.05) is 11.8 Å². The fraction of sp³-hybridized carbons (Fsp3) is 0.812. The van der Waals surface area contributed by atoms with Crippen LogP contribution in [0.25, 0.3) is 0 Å². The van der Waals surface area contributed by atoms with Gasteiger partial charge in [-0.05, 0) is 31.3 Å². The van der Waals surface area contributed by atoms with Crippen LogP contribution in [0.3, 0.4) is 0 Å². The zero-order valence-corrected chi connectivity index (χ0v) is 18.0. The summed E-state index contributed by atoms with van der Waals surface area (Å²) in [5, 5.41) is 5.23. The lowest BCUT2D eigenvalue weighted by Gasteiger charge is -2.44. The highest BCUT2D eigenvalue weighted by atomic mass is 32.2. The summed E-state index contributed by atoms with van der Waals surface area (Å²) >= 11 is 1.83. The summed E-state index contributed by atoms with van der Waals surface area (Å²) in [6.45, 7) is 3.45. The second-order valence-corrected chi connectivity index (χ2v) is 9.96. The molecule has 9 nitrogen and oxygen atoms in total. The van der Waals surface area contributed by atoms with Gasteiger partial charge in [0.05, 0.1) is 19.3 Å². The molecule has 156 valence electrons. The van der Waals surface area contributed by atoms with Crippen LogP contribution in [0.1, 0.15) is 26.7 Å². The van der Waals surface area contributed by atoms with Gasteiger partial charge in [0.15, 0.2) is 0 Å². The molecule has 0 aromatic carbocycles. The molecule has 3 amide bonds. The molecule has 0 saturated carbocycles. The van der Waals surface area contributed by atoms with Crippen LogP contribution < -0.4 is 10.6 Å². The molecule has 0 aromatic heterocycles. The van der Waals surface area contributed by atoms with Gasteiger partial charge in [0.25, 0.3) is 0 Å². The Labute approximate surface area is 165 Å². The lowest BCUT2D eigenvalue weighted by atomic mass is 9.96. The molecule has 0 aromatic rings. The third-order valence-electron chi connectivity index (χ3n) is 4.41. The topological polar surface area (TPSA) is 116 Å². The van der Waals surface area contributed by atoms with Crippen LogP contribution >= 0.6 is 11.8 Å². The molecule has 1 aliphatic heterocycles. The number of amides is 3. The largest absolute Gasteiger partial charge is 0.355 e. The van der Waals surface area contributed by atoms with E-state index < -0.39 is 27.4 Å². The lowest BCUT2D eigenvalue weighted by molar-refractivity contribution is -0.150. The van der Waals surface area contributed by atoms with Gasteiger partial charge < -0.3 is 15.5 Å². The molecule has 0 radical (unpaired) electrons. The molecule has 1 heterocycles. The third kappa shape index (κ3) is 6.96. The molecule has 1 saturated heterocycles. The highest BCUT2D eigenvalue weighted by Gasteiger charge is 2.47. The van der Waals surface area contributed by atoms with Crippen molar-refractivity contribution in [1.29, 1.82) is 0 Å². The van der Waals surface area contributed by atoms with Gasteiger partial charge in [-0.15, -0.1) is 0 Å². The average molecular weight is 423 g/mol. The number of carbonyl (C=O) groups excluding carboxylic acids is 3. The van der Waals surface area contributed by atoms with E-state index in [-0.39, 0.29) is 25.5 Å². The number of hydrogen-bond acceptors (Lipinski definition) is 6. The highest BCUT2D eigenvalue weighted by Crippen LogP contribution is 2.22. The van der Waals surface area contributed by atoms with Crippen LogP contribution in [-0.4, -0.2) is 91.9 Å². The first-order valence-corrected chi connectivity index (χ1v) is 11.9. The van der Waals surface area contributed by atoms with Crippen molar-refractivity contribution in [2.24, 2.45) is 0 Å². The number of rotatable bonds is 10. The van der Waals surface area contributed by atoms with Crippen molar-refractivity contribution in [2.45, 2.75) is 32.2 Å². The van der Waals surface area contributed by atoms with Gasteiger partial charge in [-0.25, -0.2) is 8.42 Å². The number of nitrogens with zero attached hydrogens (tertiary/aromatic N) is 2. The lowest BCUT2D eigenvalue weighted by Crippen LogP contribution is -2.68. The molecule has 2 N–H and O–H groups in total. The first kappa shape index (κ1) is 23.7. The van der Waals surface area contributed by atoms with E-state index in [4.69, 9.17) is 0 Å². The molecule has 0 aliphatic carbocycles. The maximum Gasteiger partial charge on any atom is 0.247 e. The van der Waals surface area contributed by atoms with Crippen LogP contribution in [0.5, 0.6) is 0 Å². The number of carbonyl (C=O) groups is 3. The summed E-state index contributed by atoms with van der Waals surface area (Å²) in [6.07, 6.45) is 2.97. The Hall–Kier alpha value is -1.33. The predicted octanol–water partition coefficient (Wildman–Crippen LogP) is -0.756. The Bertz CT molecular complexity index is 655. The number of sulfonamides is 1. The molecule has 1 aliphatic rings. The zero-order valence-electron chi connectivity index (χ0n) is 16.4. The van der Waals surface area contributed by atoms with Crippen molar-refractivity contribution in [3.63, 3.8) is 0 Å². The standard InChI is InChI=1S/C16H30N4O5S2/c1-5-8-26-9-6-7-17-13(21)10-18-15(23)16(2)12-20(27(4,24)25)11-14(22)19(16)3/h5-12H2,1-4H3,(H,17,21)(H,18,23)/t16-/m0/s1. The second kappa shape index (κ2) is 10.3. The maximum absolute atomic E-state index is 12.6. The molecule has 0 spiro atoms. The molecule has 0 unspecified atom stereocenters. The summed E-state index contributed by atoms with van der Waals surface area (Å²) in [6, 6.07) is 0. The average Bonchev–Trinajstić information content (AvgIpc) is 2.59. The Morgan fingerprint density at radius 1 is 1.26 bits per heavy atom. The van der Waals surface area contributed by atoms with Gasteiger partial charge >= 0.3 is 0 Å². The smallest absolute Gasteiger partial charge is 0.247 e. The molecule has 0 bridgehead atoms. The number of hydrogen-bond donors (Lipinski definition) is 2. The molecular weight excluding hydrogens is 392 g/mol. The van der Waals surface area contributed by atoms with E-state index in [2.05, 4.69) is 17.6 Å². The van der Waals surface area contributed by atoms with Crippen molar-refractivity contribution < 1.29 is 22.8 Å². The van der Waals surface area contributed by atoms with E-state index in [1.165, 1.54) is 18.9 Å². The maximum atomic E-state index is 12.6. The number of piperazine rings is 1. The monoisotopic (exact) mass is 422 g/mol. The number of likely N-dealkylation sites (N-methyl/N-ethyl adjacent to an activating group) is 1. The molecule has 1 atom stereocenters. The number of nitrogens with one attached hydrogen (secondary N) is 2. The highest BCUT2D eigenvalue weighted by molar-refractivity contribution is 7.99. The van der Waals surface area contributed by atoms with Crippen LogP contribution in [0.15, 0.2) is 0 Å². The summed E-state index contributed by atoms with van der Waals surface area (Å²) in [5.41, 5.74) is -1.38. The zero-order chi connectivity index (χ0) is 20.7. The van der Waals surface area contributed by atoms with Crippen molar-refractivity contribution in [3.8, 4) is 0 Å². The van der Waals surface area contributed by atoms with Crippen LogP contribution in [0.4, 0.5) is 0 Å². The number of thioether (sulfide) groups is 1. The Morgan fingerprint density at radius 2 is 1.93 bits per heavy atom. The van der Waals surface area contributed by atoms with Crippen molar-refractivity contribution in [2.75, 3.05) is 51.0 Å². The predicted molar refractivity (Wildman–Crippen MR) is 106 cm³/mol. The molecule has 11 heteroatoms. The van der Waals surface area contributed by atoms with E-state index >= 15 is 0 Å². The summed E-state index contributed by atoms with van der Waals surface area (Å²) in [7, 11) is -2.16. The van der Waals surface area contributed by atoms with Crippen molar-refractivity contribution >= 4 is 39.5 Å². The van der Waals surface area contributed by atoms with E-state index in [9.17, 15) is 22.8 Å². The molecular formula is C16H30N4O5S2. The van der Waals surface area contributed by atoms with Gasteiger partial charge in [-0.2, -0.15) is 16.1 Å². The SMILES string of the molecule is CCCSCCCNC(=O)CNC(=O)[C@]1(C)CN(S(C)(=O)=O)CC(=O)N1C. The summed E-state index contributed by atoms with van der Waals surface area (Å²) in [4.78, 5) is 37.8. The van der Waals surface area contributed by atoms with Crippen LogP contribution in [0.2, 0.25) is 0 Å². The third-order valence-corrected chi connectivity index (χ3v) is 6.88. The quantitative estimate of drug-likeness (QED) is 0.447. The van der Waals surface area contributed by atoms with E-state index in [1.54, 1.807) is 0 Å². The van der Waals surface area contributed by atoms with Gasteiger partial charge in [0, 0.05) is 20.1 Å². The van der Waals surface area contributed by atoms with Gasteiger partial charge in [0.1, 0.15) is 5.54 Å². The Morgan fingerprint density at radius 3 is 2.52 bits per heavy atom. The first-order chi connectivity index (χ1) is 12.5. The van der Waals surface area contributed by atoms with E-state index in [0.717, 1.165) is 34.9 Å². The molecule has 27 heavy (non-hydrogen) atoms. The van der Waals surface area contributed by atoms with Crippen molar-refractivity contribution in [1.82, 2.24) is 19.8 Å². The minimum atomic E-state index is -3.62. The summed E-state index contributed by atoms with van der Waals surface area (Å²) < 4.78 is 24.5.